The van der Waals surface area contributed by atoms with Crippen LogP contribution >= 0.6 is 15.9 Å². The number of fused-ring (bicyclic) bond motifs is 6. The third-order valence-corrected chi connectivity index (χ3v) is 16.7. The van der Waals surface area contributed by atoms with Gasteiger partial charge in [0, 0.05) is 68.8 Å². The van der Waals surface area contributed by atoms with E-state index in [2.05, 4.69) is 15.9 Å². The van der Waals surface area contributed by atoms with Crippen molar-refractivity contribution in [2.75, 3.05) is 29.5 Å². The van der Waals surface area contributed by atoms with Crippen molar-refractivity contribution >= 4 is 115 Å². The molecule has 0 N–H and O–H groups in total. The molecule has 4 aromatic rings. The van der Waals surface area contributed by atoms with E-state index in [1.807, 2.05) is 0 Å². The van der Waals surface area contributed by atoms with Crippen LogP contribution in [-0.2, 0) is 71.5 Å². The van der Waals surface area contributed by atoms with Crippen molar-refractivity contribution in [1.82, 2.24) is 0 Å². The smallest absolute Gasteiger partial charge is 0.748 e. The molecule has 0 unspecified atom stereocenters. The first-order valence-electron chi connectivity index (χ1n) is 19.1. The van der Waals surface area contributed by atoms with E-state index in [4.69, 9.17) is 0 Å². The van der Waals surface area contributed by atoms with Gasteiger partial charge in [-0.25, -0.2) is 50.5 Å². The first kappa shape index (κ1) is 70.0. The van der Waals surface area contributed by atoms with Crippen molar-refractivity contribution in [2.45, 2.75) is 70.9 Å². The minimum Gasteiger partial charge on any atom is -0.748 e. The minimum atomic E-state index is -5.35. The van der Waals surface area contributed by atoms with Crippen molar-refractivity contribution in [3.63, 3.8) is 0 Å². The fourth-order valence-corrected chi connectivity index (χ4v) is 12.5. The quantitative estimate of drug-likeness (QED) is 0.0462. The van der Waals surface area contributed by atoms with Crippen LogP contribution in [0.2, 0.25) is 0 Å². The second kappa shape index (κ2) is 25.0. The molecule has 0 aliphatic carbocycles. The summed E-state index contributed by atoms with van der Waals surface area (Å²) in [5, 5.41) is -0.584. The van der Waals surface area contributed by atoms with Crippen molar-refractivity contribution in [1.29, 1.82) is 0 Å². The van der Waals surface area contributed by atoms with Gasteiger partial charge in [-0.3, -0.25) is 0 Å². The topological polar surface area (TPSA) is 349 Å². The molecule has 0 radical (unpaired) electrons. The van der Waals surface area contributed by atoms with Crippen molar-refractivity contribution in [3.8, 4) is 0 Å². The Balaban J connectivity index is 0.00000504. The van der Waals surface area contributed by atoms with Gasteiger partial charge in [0.25, 0.3) is 0 Å². The van der Waals surface area contributed by atoms with Crippen LogP contribution in [0, 0.1) is 0 Å². The molecule has 0 bridgehead atoms. The summed E-state index contributed by atoms with van der Waals surface area (Å²) in [6.45, 7) is 6.34. The average molecular weight is 1210 g/mol. The van der Waals surface area contributed by atoms with Gasteiger partial charge < -0.3 is 32.2 Å². The van der Waals surface area contributed by atoms with Gasteiger partial charge in [-0.2, -0.15) is 4.58 Å². The van der Waals surface area contributed by atoms with Gasteiger partial charge in [0.2, 0.25) is 5.69 Å². The SMILES string of the molecule is CC1(C)C(=CC=C(Br)C=CC2=[N+](CCCS(=O)(=O)[O-])c3ccc4c(S(=O)(=O)[O-])cc(S(=O)(=O)[O-])cc4c3C2(C)C)N(CCCS(=O)(=O)[O-])c2ccc3c(S(=O)(=O)[O-])cc(S(=O)(=O)[O-])cc3c21.[Na+].[Na+].[Na+].[Na+].[Na+]. The van der Waals surface area contributed by atoms with Gasteiger partial charge in [-0.1, -0.05) is 35.8 Å². The Bertz CT molecular complexity index is 3620. The van der Waals surface area contributed by atoms with Crippen LogP contribution in [0.1, 0.15) is 51.7 Å². The van der Waals surface area contributed by atoms with Gasteiger partial charge in [0.1, 0.15) is 47.0 Å². The number of hydrogen-bond acceptors (Lipinski definition) is 19. The first-order valence-corrected chi connectivity index (χ1v) is 28.6. The Kier molecular flexibility index (Phi) is 24.7. The average Bonchev–Trinajstić information content (AvgIpc) is 3.50. The van der Waals surface area contributed by atoms with E-state index in [1.54, 1.807) is 49.3 Å². The second-order valence-electron chi connectivity index (χ2n) is 16.4. The molecule has 0 saturated carbocycles. The van der Waals surface area contributed by atoms with Crippen molar-refractivity contribution in [3.05, 3.63) is 94.1 Å². The summed E-state index contributed by atoms with van der Waals surface area (Å²) in [5.74, 6) is -1.57. The maximum Gasteiger partial charge on any atom is 1.00 e. The summed E-state index contributed by atoms with van der Waals surface area (Å²) in [5.41, 5.74) is -0.630. The minimum absolute atomic E-state index is 0. The Morgan fingerprint density at radius 2 is 1.04 bits per heavy atom. The van der Waals surface area contributed by atoms with Gasteiger partial charge >= 0.3 is 148 Å². The Morgan fingerprint density at radius 3 is 1.49 bits per heavy atom. The monoisotopic (exact) mass is 1210 g/mol. The van der Waals surface area contributed by atoms with E-state index in [1.165, 1.54) is 36.4 Å². The maximum absolute atomic E-state index is 12.4. The van der Waals surface area contributed by atoms with Crippen LogP contribution in [0.5, 0.6) is 0 Å². The van der Waals surface area contributed by atoms with Crippen LogP contribution in [-0.4, -0.2) is 113 Å². The van der Waals surface area contributed by atoms with Crippen molar-refractivity contribution < 1.29 is 230 Å². The van der Waals surface area contributed by atoms with Gasteiger partial charge in [-0.15, -0.1) is 0 Å². The molecule has 2 aliphatic heterocycles. The molecule has 2 aliphatic rings. The summed E-state index contributed by atoms with van der Waals surface area (Å²) in [4.78, 5) is -2.35. The van der Waals surface area contributed by atoms with E-state index in [-0.39, 0.29) is 206 Å². The van der Waals surface area contributed by atoms with Crippen LogP contribution in [0.4, 0.5) is 11.4 Å². The molecule has 32 heteroatoms. The zero-order valence-electron chi connectivity index (χ0n) is 39.7. The second-order valence-corrected chi connectivity index (χ2v) is 25.8. The number of halogens is 1. The van der Waals surface area contributed by atoms with Crippen LogP contribution in [0.3, 0.4) is 0 Å². The molecule has 4 aromatic carbocycles. The van der Waals surface area contributed by atoms with E-state index in [9.17, 15) is 77.8 Å². The molecule has 6 rings (SSSR count). The Morgan fingerprint density at radius 1 is 0.592 bits per heavy atom. The summed E-state index contributed by atoms with van der Waals surface area (Å²) in [6.07, 6.45) is 5.74. The number of hydrogen-bond donors (Lipinski definition) is 0. The molecule has 71 heavy (non-hydrogen) atoms. The number of anilines is 1. The van der Waals surface area contributed by atoms with Gasteiger partial charge in [0.05, 0.1) is 45.2 Å². The molecule has 20 nitrogen and oxygen atoms in total. The van der Waals surface area contributed by atoms with Gasteiger partial charge in [-0.05, 0) is 96.6 Å². The summed E-state index contributed by atoms with van der Waals surface area (Å²) < 4.78 is 219. The zero-order valence-corrected chi connectivity index (χ0v) is 56.2. The Hall–Kier alpha value is 1.03. The van der Waals surface area contributed by atoms with E-state index < -0.39 is 103 Å². The summed E-state index contributed by atoms with van der Waals surface area (Å²) >= 11 is 3.47. The fourth-order valence-electron chi connectivity index (χ4n) is 8.63. The largest absolute Gasteiger partial charge is 1.00 e. The van der Waals surface area contributed by atoms with Gasteiger partial charge in [0.15, 0.2) is 5.71 Å². The van der Waals surface area contributed by atoms with E-state index in [0.717, 1.165) is 12.1 Å². The summed E-state index contributed by atoms with van der Waals surface area (Å²) in [6, 6.07) is 8.11. The number of benzene rings is 4. The first-order chi connectivity index (χ1) is 29.9. The number of nitrogens with zero attached hydrogens (tertiary/aromatic N) is 2. The third-order valence-electron chi connectivity index (χ3n) is 11.3. The third kappa shape index (κ3) is 15.7. The predicted molar refractivity (Wildman–Crippen MR) is 236 cm³/mol. The molecule has 0 fully saturated rings. The van der Waals surface area contributed by atoms with Crippen LogP contribution in [0.15, 0.2) is 103 Å². The normalized spacial score (nSPS) is 16.5. The molecule has 0 saturated heterocycles. The molecule has 2 heterocycles. The zero-order chi connectivity index (χ0) is 49.5. The van der Waals surface area contributed by atoms with E-state index >= 15 is 0 Å². The summed E-state index contributed by atoms with van der Waals surface area (Å²) in [7, 11) is -30.7. The molecule has 0 atom stereocenters. The molecule has 0 aromatic heterocycles. The standard InChI is InChI=1S/C39H41BrN2O18S6.5Na/c1-38(2)34(41(15-5-17-61(43,44)45)30-11-9-26-28(36(30)38)19-24(63(49,50)51)21-32(26)65(55,56)57)13-7-23(40)8-14-35-39(3,4)37-29-20-25(64(52,53)54)22-33(66(58,59)60)27(29)10-12-31(37)42(35)16-6-18-62(46,47)48;;;;;/h7-14,19-22H,5-6,15-18H2,1-4H3,(H5-,43,44,45,46,47,48,49,50,51,52,53,54,55,56,57,58,59,60);;;;;/q;5*+1/p-5. The molecular formula is C39H36BrN2Na5O18S6. The predicted octanol–water partition coefficient (Wildman–Crippen LogP) is -11.6. The van der Waals surface area contributed by atoms with Crippen molar-refractivity contribution in [2.24, 2.45) is 0 Å². The molecule has 0 spiro atoms. The molecule has 358 valence electrons. The Labute approximate surface area is 531 Å². The molecule has 0 amide bonds. The fraction of sp³-hybridized carbons (Fsp3) is 0.308. The van der Waals surface area contributed by atoms with E-state index in [0.29, 0.717) is 39.4 Å². The maximum atomic E-state index is 12.4. The number of rotatable bonds is 15. The van der Waals surface area contributed by atoms with Crippen LogP contribution < -0.4 is 153 Å². The number of allylic oxidation sites excluding steroid dienone is 6. The molecular weight excluding hydrogens is 1170 g/mol. The van der Waals surface area contributed by atoms with Crippen LogP contribution in [0.25, 0.3) is 21.5 Å².